The molecule has 0 aliphatic rings. The Hall–Kier alpha value is -4.70. The summed E-state index contributed by atoms with van der Waals surface area (Å²) in [5, 5.41) is 3.00. The number of hydrogen-bond donors (Lipinski definition) is 1. The molecular formula is C36H40FN3O5S. The third-order valence-electron chi connectivity index (χ3n) is 7.79. The molecule has 0 aliphatic heterocycles. The van der Waals surface area contributed by atoms with Gasteiger partial charge in [-0.1, -0.05) is 67.1 Å². The molecule has 0 aliphatic carbocycles. The molecule has 242 valence electrons. The second-order valence-electron chi connectivity index (χ2n) is 11.2. The van der Waals surface area contributed by atoms with E-state index in [1.165, 1.54) is 36.3 Å². The van der Waals surface area contributed by atoms with Crippen molar-refractivity contribution in [2.24, 2.45) is 0 Å². The molecule has 0 heterocycles. The summed E-state index contributed by atoms with van der Waals surface area (Å²) in [4.78, 5) is 29.8. The first kappa shape index (κ1) is 34.2. The average Bonchev–Trinajstić information content (AvgIpc) is 3.06. The Balaban J connectivity index is 1.80. The molecule has 0 saturated heterocycles. The van der Waals surface area contributed by atoms with Crippen molar-refractivity contribution in [1.82, 2.24) is 10.2 Å². The number of rotatable bonds is 14. The standard InChI is InChI=1S/C36H40FN3O5S/c1-5-27(3)38-36(42)34(23-28-9-7-6-8-10-28)39(24-29-13-15-30(37)16-14-29)35(41)25-40(31-17-19-32(45-4)20-18-31)46(43,44)33-21-11-26(2)12-22-33/h6-22,27,34H,5,23-25H2,1-4H3,(H,38,42)/t27-,34+/m0/s1. The third-order valence-corrected chi connectivity index (χ3v) is 9.57. The summed E-state index contributed by atoms with van der Waals surface area (Å²) in [6.45, 7) is 5.04. The Morgan fingerprint density at radius 3 is 2.09 bits per heavy atom. The van der Waals surface area contributed by atoms with E-state index in [0.717, 1.165) is 15.4 Å². The van der Waals surface area contributed by atoms with Crippen molar-refractivity contribution < 1.29 is 27.1 Å². The molecular weight excluding hydrogens is 605 g/mol. The molecule has 8 nitrogen and oxygen atoms in total. The second-order valence-corrected chi connectivity index (χ2v) is 13.1. The van der Waals surface area contributed by atoms with Gasteiger partial charge in [0.1, 0.15) is 24.2 Å². The fourth-order valence-electron chi connectivity index (χ4n) is 4.90. The van der Waals surface area contributed by atoms with E-state index >= 15 is 0 Å². The van der Waals surface area contributed by atoms with Gasteiger partial charge in [0, 0.05) is 19.0 Å². The number of carbonyl (C=O) groups is 2. The van der Waals surface area contributed by atoms with Crippen LogP contribution >= 0.6 is 0 Å². The Bertz CT molecular complexity index is 1700. The number of nitrogens with one attached hydrogen (secondary N) is 1. The van der Waals surface area contributed by atoms with Crippen LogP contribution in [0, 0.1) is 12.7 Å². The molecule has 4 rings (SSSR count). The van der Waals surface area contributed by atoms with Crippen LogP contribution in [-0.4, -0.2) is 50.9 Å². The van der Waals surface area contributed by atoms with Gasteiger partial charge in [0.05, 0.1) is 17.7 Å². The van der Waals surface area contributed by atoms with E-state index < -0.39 is 34.3 Å². The Kier molecular flexibility index (Phi) is 11.5. The van der Waals surface area contributed by atoms with Crippen molar-refractivity contribution in [1.29, 1.82) is 0 Å². The molecule has 4 aromatic carbocycles. The van der Waals surface area contributed by atoms with E-state index in [0.29, 0.717) is 17.7 Å². The van der Waals surface area contributed by atoms with Gasteiger partial charge in [-0.25, -0.2) is 12.8 Å². The van der Waals surface area contributed by atoms with Crippen LogP contribution in [0.15, 0.2) is 108 Å². The number of ether oxygens (including phenoxy) is 1. The molecule has 0 radical (unpaired) electrons. The summed E-state index contributed by atoms with van der Waals surface area (Å²) in [5.41, 5.74) is 2.54. The van der Waals surface area contributed by atoms with Gasteiger partial charge in [0.2, 0.25) is 11.8 Å². The normalized spacial score (nSPS) is 12.5. The SMILES string of the molecule is CC[C@H](C)NC(=O)[C@@H](Cc1ccccc1)N(Cc1ccc(F)cc1)C(=O)CN(c1ccc(OC)cc1)S(=O)(=O)c1ccc(C)cc1. The molecule has 0 unspecified atom stereocenters. The fourth-order valence-corrected chi connectivity index (χ4v) is 6.31. The first-order valence-electron chi connectivity index (χ1n) is 15.1. The van der Waals surface area contributed by atoms with Gasteiger partial charge in [0.25, 0.3) is 10.0 Å². The zero-order valence-electron chi connectivity index (χ0n) is 26.5. The van der Waals surface area contributed by atoms with Crippen molar-refractivity contribution in [2.45, 2.75) is 57.1 Å². The zero-order chi connectivity index (χ0) is 33.3. The summed E-state index contributed by atoms with van der Waals surface area (Å²) >= 11 is 0. The van der Waals surface area contributed by atoms with Crippen LogP contribution in [0.25, 0.3) is 0 Å². The minimum atomic E-state index is -4.23. The first-order chi connectivity index (χ1) is 22.0. The molecule has 0 fully saturated rings. The molecule has 0 bridgehead atoms. The molecule has 10 heteroatoms. The highest BCUT2D eigenvalue weighted by molar-refractivity contribution is 7.92. The van der Waals surface area contributed by atoms with Crippen LogP contribution in [0.5, 0.6) is 5.75 Å². The van der Waals surface area contributed by atoms with E-state index in [-0.39, 0.29) is 35.5 Å². The lowest BCUT2D eigenvalue weighted by atomic mass is 10.0. The van der Waals surface area contributed by atoms with Crippen LogP contribution in [0.4, 0.5) is 10.1 Å². The number of anilines is 1. The lowest BCUT2D eigenvalue weighted by molar-refractivity contribution is -0.140. The fraction of sp³-hybridized carbons (Fsp3) is 0.278. The van der Waals surface area contributed by atoms with Gasteiger partial charge >= 0.3 is 0 Å². The Morgan fingerprint density at radius 2 is 1.50 bits per heavy atom. The van der Waals surface area contributed by atoms with Crippen LogP contribution < -0.4 is 14.4 Å². The highest BCUT2D eigenvalue weighted by Gasteiger charge is 2.35. The van der Waals surface area contributed by atoms with Crippen LogP contribution in [0.2, 0.25) is 0 Å². The molecule has 2 atom stereocenters. The van der Waals surface area contributed by atoms with Crippen LogP contribution in [0.3, 0.4) is 0 Å². The molecule has 0 spiro atoms. The maximum absolute atomic E-state index is 14.5. The minimum absolute atomic E-state index is 0.0159. The molecule has 2 amide bonds. The predicted octanol–water partition coefficient (Wildman–Crippen LogP) is 5.89. The van der Waals surface area contributed by atoms with E-state index in [1.807, 2.05) is 51.1 Å². The number of nitrogens with zero attached hydrogens (tertiary/aromatic N) is 2. The number of carbonyl (C=O) groups excluding carboxylic acids is 2. The first-order valence-corrected chi connectivity index (χ1v) is 16.6. The average molecular weight is 646 g/mol. The molecule has 4 aromatic rings. The van der Waals surface area contributed by atoms with Crippen LogP contribution in [0.1, 0.15) is 37.0 Å². The highest BCUT2D eigenvalue weighted by atomic mass is 32.2. The minimum Gasteiger partial charge on any atom is -0.497 e. The number of aryl methyl sites for hydroxylation is 1. The summed E-state index contributed by atoms with van der Waals surface area (Å²) in [5.74, 6) is -0.890. The molecule has 0 aromatic heterocycles. The van der Waals surface area contributed by atoms with E-state index in [4.69, 9.17) is 4.74 Å². The van der Waals surface area contributed by atoms with Gasteiger partial charge in [-0.2, -0.15) is 0 Å². The maximum atomic E-state index is 14.5. The largest absolute Gasteiger partial charge is 0.497 e. The van der Waals surface area contributed by atoms with Crippen molar-refractivity contribution in [2.75, 3.05) is 18.0 Å². The smallest absolute Gasteiger partial charge is 0.264 e. The summed E-state index contributed by atoms with van der Waals surface area (Å²) in [6.07, 6.45) is 0.860. The van der Waals surface area contributed by atoms with E-state index in [1.54, 1.807) is 48.5 Å². The Morgan fingerprint density at radius 1 is 0.870 bits per heavy atom. The van der Waals surface area contributed by atoms with Gasteiger partial charge in [-0.3, -0.25) is 13.9 Å². The quantitative estimate of drug-likeness (QED) is 0.185. The summed E-state index contributed by atoms with van der Waals surface area (Å²) in [7, 11) is -2.73. The summed E-state index contributed by atoms with van der Waals surface area (Å²) < 4.78 is 48.4. The highest BCUT2D eigenvalue weighted by Crippen LogP contribution is 2.27. The monoisotopic (exact) mass is 645 g/mol. The molecule has 46 heavy (non-hydrogen) atoms. The number of sulfonamides is 1. The van der Waals surface area contributed by atoms with Gasteiger partial charge in [-0.15, -0.1) is 0 Å². The lowest BCUT2D eigenvalue weighted by Crippen LogP contribution is -2.54. The van der Waals surface area contributed by atoms with Crippen molar-refractivity contribution in [3.05, 3.63) is 126 Å². The van der Waals surface area contributed by atoms with Crippen molar-refractivity contribution in [3.8, 4) is 5.75 Å². The van der Waals surface area contributed by atoms with E-state index in [2.05, 4.69) is 5.32 Å². The number of benzene rings is 4. The number of amides is 2. The number of methoxy groups -OCH3 is 1. The van der Waals surface area contributed by atoms with Gasteiger partial charge < -0.3 is 15.0 Å². The Labute approximate surface area is 270 Å². The topological polar surface area (TPSA) is 96.0 Å². The maximum Gasteiger partial charge on any atom is 0.264 e. The number of halogens is 1. The van der Waals surface area contributed by atoms with Crippen molar-refractivity contribution >= 4 is 27.5 Å². The van der Waals surface area contributed by atoms with Crippen LogP contribution in [-0.2, 0) is 32.6 Å². The van der Waals surface area contributed by atoms with Gasteiger partial charge in [-0.05, 0) is 79.9 Å². The number of hydrogen-bond acceptors (Lipinski definition) is 5. The zero-order valence-corrected chi connectivity index (χ0v) is 27.3. The second kappa shape index (κ2) is 15.5. The third kappa shape index (κ3) is 8.72. The summed E-state index contributed by atoms with van der Waals surface area (Å²) in [6, 6.07) is 26.6. The lowest BCUT2D eigenvalue weighted by Gasteiger charge is -2.34. The predicted molar refractivity (Wildman–Crippen MR) is 177 cm³/mol. The van der Waals surface area contributed by atoms with Crippen molar-refractivity contribution in [3.63, 3.8) is 0 Å². The molecule has 0 saturated carbocycles. The van der Waals surface area contributed by atoms with E-state index in [9.17, 15) is 22.4 Å². The van der Waals surface area contributed by atoms with Gasteiger partial charge in [0.15, 0.2) is 0 Å². The molecule has 1 N–H and O–H groups in total.